The molecule has 5 nitrogen and oxygen atoms in total. The predicted molar refractivity (Wildman–Crippen MR) is 69.5 cm³/mol. The van der Waals surface area contributed by atoms with Gasteiger partial charge in [0.25, 0.3) is 0 Å². The quantitative estimate of drug-likeness (QED) is 0.597. The summed E-state index contributed by atoms with van der Waals surface area (Å²) in [4.78, 5) is 0. The molecular formula is C13H27NO4. The number of aliphatic hydroxyl groups excluding tert-OH is 1. The van der Waals surface area contributed by atoms with Crippen LogP contribution in [-0.4, -0.2) is 56.9 Å². The van der Waals surface area contributed by atoms with Crippen LogP contribution in [0.4, 0.5) is 0 Å². The zero-order valence-electron chi connectivity index (χ0n) is 11.4. The van der Waals surface area contributed by atoms with E-state index in [9.17, 15) is 5.11 Å². The number of rotatable bonds is 9. The van der Waals surface area contributed by atoms with Crippen molar-refractivity contribution in [1.29, 1.82) is 0 Å². The third-order valence-electron chi connectivity index (χ3n) is 3.37. The first-order valence-electron chi connectivity index (χ1n) is 6.78. The number of methoxy groups -OCH3 is 1. The standard InChI is InChI=1S/C13H27NO4/c1-16-6-3-7-17-8-9-18-12-4-2-5-13(14,10-12)11-15/h12,15H,2-11,14H2,1H3. The number of hydrogen-bond donors (Lipinski definition) is 2. The average molecular weight is 261 g/mol. The van der Waals surface area contributed by atoms with Gasteiger partial charge in [-0.25, -0.2) is 0 Å². The summed E-state index contributed by atoms with van der Waals surface area (Å²) >= 11 is 0. The van der Waals surface area contributed by atoms with Crippen molar-refractivity contribution in [1.82, 2.24) is 0 Å². The van der Waals surface area contributed by atoms with Crippen molar-refractivity contribution in [3.63, 3.8) is 0 Å². The summed E-state index contributed by atoms with van der Waals surface area (Å²) in [6, 6.07) is 0. The lowest BCUT2D eigenvalue weighted by molar-refractivity contribution is -0.0322. The van der Waals surface area contributed by atoms with Gasteiger partial charge in [-0.1, -0.05) is 0 Å². The highest BCUT2D eigenvalue weighted by molar-refractivity contribution is 4.90. The van der Waals surface area contributed by atoms with Crippen molar-refractivity contribution in [2.24, 2.45) is 5.73 Å². The molecule has 0 bridgehead atoms. The summed E-state index contributed by atoms with van der Waals surface area (Å²) in [6.07, 6.45) is 4.76. The molecular weight excluding hydrogens is 234 g/mol. The summed E-state index contributed by atoms with van der Waals surface area (Å²) in [5, 5.41) is 9.24. The van der Waals surface area contributed by atoms with Crippen LogP contribution in [0.2, 0.25) is 0 Å². The Hall–Kier alpha value is -0.200. The summed E-state index contributed by atoms with van der Waals surface area (Å²) < 4.78 is 16.1. The summed E-state index contributed by atoms with van der Waals surface area (Å²) in [5.41, 5.74) is 5.62. The molecule has 5 heteroatoms. The van der Waals surface area contributed by atoms with Crippen molar-refractivity contribution in [3.8, 4) is 0 Å². The summed E-state index contributed by atoms with van der Waals surface area (Å²) in [7, 11) is 1.69. The van der Waals surface area contributed by atoms with E-state index in [0.29, 0.717) is 19.8 Å². The summed E-state index contributed by atoms with van der Waals surface area (Å²) in [6.45, 7) is 2.69. The lowest BCUT2D eigenvalue weighted by Crippen LogP contribution is -2.49. The molecule has 0 aromatic heterocycles. The van der Waals surface area contributed by atoms with E-state index in [1.165, 1.54) is 0 Å². The zero-order valence-corrected chi connectivity index (χ0v) is 11.4. The molecule has 1 fully saturated rings. The van der Waals surface area contributed by atoms with E-state index >= 15 is 0 Å². The maximum Gasteiger partial charge on any atom is 0.0704 e. The molecule has 108 valence electrons. The molecule has 0 spiro atoms. The van der Waals surface area contributed by atoms with Gasteiger partial charge in [-0.3, -0.25) is 0 Å². The molecule has 2 unspecified atom stereocenters. The monoisotopic (exact) mass is 261 g/mol. The average Bonchev–Trinajstić information content (AvgIpc) is 2.38. The van der Waals surface area contributed by atoms with E-state index in [1.807, 2.05) is 0 Å². The lowest BCUT2D eigenvalue weighted by atomic mass is 9.81. The van der Waals surface area contributed by atoms with Gasteiger partial charge in [0.1, 0.15) is 0 Å². The van der Waals surface area contributed by atoms with E-state index in [1.54, 1.807) is 7.11 Å². The zero-order chi connectivity index (χ0) is 13.3. The maximum atomic E-state index is 9.24. The minimum Gasteiger partial charge on any atom is -0.394 e. The van der Waals surface area contributed by atoms with Gasteiger partial charge in [0.05, 0.1) is 25.9 Å². The SMILES string of the molecule is COCCCOCCOC1CCCC(N)(CO)C1. The Morgan fingerprint density at radius 1 is 1.28 bits per heavy atom. The molecule has 0 aromatic carbocycles. The first-order chi connectivity index (χ1) is 8.70. The van der Waals surface area contributed by atoms with Crippen molar-refractivity contribution >= 4 is 0 Å². The van der Waals surface area contributed by atoms with Crippen molar-refractivity contribution in [2.75, 3.05) is 40.1 Å². The van der Waals surface area contributed by atoms with Gasteiger partial charge in [0.15, 0.2) is 0 Å². The first kappa shape index (κ1) is 15.9. The van der Waals surface area contributed by atoms with Crippen LogP contribution < -0.4 is 5.73 Å². The minimum atomic E-state index is -0.442. The van der Waals surface area contributed by atoms with Gasteiger partial charge in [-0.05, 0) is 32.1 Å². The van der Waals surface area contributed by atoms with Crippen LogP contribution >= 0.6 is 0 Å². The highest BCUT2D eigenvalue weighted by Gasteiger charge is 2.32. The van der Waals surface area contributed by atoms with E-state index < -0.39 is 5.54 Å². The molecule has 0 aromatic rings. The molecule has 18 heavy (non-hydrogen) atoms. The Kier molecular flexibility index (Phi) is 7.77. The molecule has 3 N–H and O–H groups in total. The van der Waals surface area contributed by atoms with Crippen LogP contribution in [-0.2, 0) is 14.2 Å². The Labute approximate surface area is 110 Å². The second-order valence-corrected chi connectivity index (χ2v) is 5.07. The molecule has 0 saturated heterocycles. The van der Waals surface area contributed by atoms with Gasteiger partial charge in [0.2, 0.25) is 0 Å². The first-order valence-corrected chi connectivity index (χ1v) is 6.78. The lowest BCUT2D eigenvalue weighted by Gasteiger charge is -2.36. The van der Waals surface area contributed by atoms with Crippen LogP contribution in [0.5, 0.6) is 0 Å². The van der Waals surface area contributed by atoms with Gasteiger partial charge < -0.3 is 25.1 Å². The van der Waals surface area contributed by atoms with E-state index in [4.69, 9.17) is 19.9 Å². The molecule has 0 aliphatic heterocycles. The molecule has 0 heterocycles. The van der Waals surface area contributed by atoms with Gasteiger partial charge >= 0.3 is 0 Å². The Morgan fingerprint density at radius 2 is 2.11 bits per heavy atom. The van der Waals surface area contributed by atoms with Gasteiger partial charge in [-0.2, -0.15) is 0 Å². The Morgan fingerprint density at radius 3 is 2.83 bits per heavy atom. The number of ether oxygens (including phenoxy) is 3. The molecule has 1 aliphatic rings. The molecule has 0 amide bonds. The van der Waals surface area contributed by atoms with E-state index in [-0.39, 0.29) is 12.7 Å². The van der Waals surface area contributed by atoms with Gasteiger partial charge in [-0.15, -0.1) is 0 Å². The van der Waals surface area contributed by atoms with E-state index in [0.717, 1.165) is 38.7 Å². The van der Waals surface area contributed by atoms with Crippen molar-refractivity contribution < 1.29 is 19.3 Å². The van der Waals surface area contributed by atoms with Crippen molar-refractivity contribution in [2.45, 2.75) is 43.7 Å². The van der Waals surface area contributed by atoms with Gasteiger partial charge in [0, 0.05) is 25.9 Å². The fraction of sp³-hybridized carbons (Fsp3) is 1.00. The maximum absolute atomic E-state index is 9.24. The number of hydrogen-bond acceptors (Lipinski definition) is 5. The fourth-order valence-corrected chi connectivity index (χ4v) is 2.31. The molecule has 1 rings (SSSR count). The second kappa shape index (κ2) is 8.82. The highest BCUT2D eigenvalue weighted by atomic mass is 16.5. The van der Waals surface area contributed by atoms with Crippen LogP contribution in [0.3, 0.4) is 0 Å². The van der Waals surface area contributed by atoms with Crippen LogP contribution in [0.1, 0.15) is 32.1 Å². The van der Waals surface area contributed by atoms with Crippen LogP contribution in [0.15, 0.2) is 0 Å². The third-order valence-corrected chi connectivity index (χ3v) is 3.37. The fourth-order valence-electron chi connectivity index (χ4n) is 2.31. The molecule has 1 aliphatic carbocycles. The minimum absolute atomic E-state index is 0.0420. The van der Waals surface area contributed by atoms with Crippen LogP contribution in [0, 0.1) is 0 Å². The van der Waals surface area contributed by atoms with E-state index in [2.05, 4.69) is 0 Å². The normalized spacial score (nSPS) is 28.5. The Balaban J connectivity index is 2.01. The Bertz CT molecular complexity index is 215. The molecule has 2 atom stereocenters. The predicted octanol–water partition coefficient (Wildman–Crippen LogP) is 0.689. The van der Waals surface area contributed by atoms with Crippen LogP contribution in [0.25, 0.3) is 0 Å². The number of nitrogens with two attached hydrogens (primary N) is 1. The second-order valence-electron chi connectivity index (χ2n) is 5.07. The largest absolute Gasteiger partial charge is 0.394 e. The third kappa shape index (κ3) is 6.11. The van der Waals surface area contributed by atoms with Crippen molar-refractivity contribution in [3.05, 3.63) is 0 Å². The number of aliphatic hydroxyl groups is 1. The highest BCUT2D eigenvalue weighted by Crippen LogP contribution is 2.27. The molecule has 0 radical (unpaired) electrons. The molecule has 1 saturated carbocycles. The summed E-state index contributed by atoms with van der Waals surface area (Å²) in [5.74, 6) is 0. The smallest absolute Gasteiger partial charge is 0.0704 e. The topological polar surface area (TPSA) is 73.9 Å².